The molecule has 0 aliphatic carbocycles. The summed E-state index contributed by atoms with van der Waals surface area (Å²) in [5.74, 6) is 0.269. The molecule has 0 aromatic heterocycles. The molecule has 0 amide bonds. The summed E-state index contributed by atoms with van der Waals surface area (Å²) in [5.41, 5.74) is 2.87. The highest BCUT2D eigenvalue weighted by Crippen LogP contribution is 2.31. The summed E-state index contributed by atoms with van der Waals surface area (Å²) in [6.45, 7) is 6.53. The molecule has 2 N–H and O–H groups in total. The van der Waals surface area contributed by atoms with Crippen molar-refractivity contribution < 1.29 is 14.3 Å². The molecule has 6 heteroatoms. The standard InChI is InChI=1S/C21H25N3O3/c1-5-27-19-12-16(8-11-18(19)23-14(2)3)20(21(25)26-4)24-17-9-6-15(13-22)7-10-17/h6-12,14,20,23-24H,5H2,1-4H3. The molecule has 2 aromatic rings. The molecule has 0 fully saturated rings. The first-order valence-electron chi connectivity index (χ1n) is 8.86. The molecule has 0 bridgehead atoms. The molecular weight excluding hydrogens is 342 g/mol. The van der Waals surface area contributed by atoms with E-state index in [0.717, 1.165) is 11.3 Å². The van der Waals surface area contributed by atoms with Crippen molar-refractivity contribution in [2.75, 3.05) is 24.4 Å². The van der Waals surface area contributed by atoms with Gasteiger partial charge < -0.3 is 20.1 Å². The minimum atomic E-state index is -0.699. The number of hydrogen-bond donors (Lipinski definition) is 2. The number of carbonyl (C=O) groups is 1. The summed E-state index contributed by atoms with van der Waals surface area (Å²) in [6.07, 6.45) is 0. The van der Waals surface area contributed by atoms with Crippen LogP contribution in [0, 0.1) is 11.3 Å². The Kier molecular flexibility index (Phi) is 7.07. The Morgan fingerprint density at radius 2 is 1.85 bits per heavy atom. The molecule has 2 aromatic carbocycles. The zero-order valence-electron chi connectivity index (χ0n) is 16.1. The Hall–Kier alpha value is -3.20. The van der Waals surface area contributed by atoms with Crippen LogP contribution < -0.4 is 15.4 Å². The molecule has 0 heterocycles. The van der Waals surface area contributed by atoms with Crippen LogP contribution in [-0.4, -0.2) is 25.7 Å². The number of hydrogen-bond acceptors (Lipinski definition) is 6. The quantitative estimate of drug-likeness (QED) is 0.684. The smallest absolute Gasteiger partial charge is 0.332 e. The first kappa shape index (κ1) is 20.1. The number of nitrogens with one attached hydrogen (secondary N) is 2. The number of esters is 1. The monoisotopic (exact) mass is 367 g/mol. The van der Waals surface area contributed by atoms with Gasteiger partial charge in [-0.25, -0.2) is 4.79 Å². The predicted octanol–water partition coefficient (Wildman–Crippen LogP) is 4.10. The predicted molar refractivity (Wildman–Crippen MR) is 106 cm³/mol. The molecular formula is C21H25N3O3. The Morgan fingerprint density at radius 3 is 2.41 bits per heavy atom. The van der Waals surface area contributed by atoms with Crippen LogP contribution in [0.15, 0.2) is 42.5 Å². The number of benzene rings is 2. The fourth-order valence-corrected chi connectivity index (χ4v) is 2.63. The van der Waals surface area contributed by atoms with Crippen LogP contribution in [-0.2, 0) is 9.53 Å². The minimum Gasteiger partial charge on any atom is -0.492 e. The van der Waals surface area contributed by atoms with Gasteiger partial charge in [-0.3, -0.25) is 0 Å². The number of rotatable bonds is 8. The highest BCUT2D eigenvalue weighted by molar-refractivity contribution is 5.81. The molecule has 6 nitrogen and oxygen atoms in total. The van der Waals surface area contributed by atoms with Gasteiger partial charge in [-0.1, -0.05) is 6.07 Å². The zero-order chi connectivity index (χ0) is 19.8. The summed E-state index contributed by atoms with van der Waals surface area (Å²) < 4.78 is 10.7. The second-order valence-electron chi connectivity index (χ2n) is 6.28. The second-order valence-corrected chi connectivity index (χ2v) is 6.28. The van der Waals surface area contributed by atoms with E-state index in [1.807, 2.05) is 39.0 Å². The van der Waals surface area contributed by atoms with E-state index in [1.165, 1.54) is 7.11 Å². The second kappa shape index (κ2) is 9.48. The summed E-state index contributed by atoms with van der Waals surface area (Å²) in [7, 11) is 1.36. The third-order valence-corrected chi connectivity index (χ3v) is 3.84. The summed E-state index contributed by atoms with van der Waals surface area (Å²) >= 11 is 0. The van der Waals surface area contributed by atoms with Crippen molar-refractivity contribution in [2.24, 2.45) is 0 Å². The largest absolute Gasteiger partial charge is 0.492 e. The van der Waals surface area contributed by atoms with E-state index < -0.39 is 12.0 Å². The van der Waals surface area contributed by atoms with E-state index in [0.29, 0.717) is 23.6 Å². The lowest BCUT2D eigenvalue weighted by atomic mass is 10.0. The zero-order valence-corrected chi connectivity index (χ0v) is 16.1. The molecule has 2 rings (SSSR count). The van der Waals surface area contributed by atoms with Crippen LogP contribution in [0.3, 0.4) is 0 Å². The number of ether oxygens (including phenoxy) is 2. The van der Waals surface area contributed by atoms with E-state index in [1.54, 1.807) is 24.3 Å². The van der Waals surface area contributed by atoms with E-state index >= 15 is 0 Å². The van der Waals surface area contributed by atoms with Gasteiger partial charge in [0.25, 0.3) is 0 Å². The van der Waals surface area contributed by atoms with Gasteiger partial charge in [0.1, 0.15) is 5.75 Å². The van der Waals surface area contributed by atoms with Crippen molar-refractivity contribution in [2.45, 2.75) is 32.9 Å². The highest BCUT2D eigenvalue weighted by Gasteiger charge is 2.23. The van der Waals surface area contributed by atoms with Crippen molar-refractivity contribution in [1.82, 2.24) is 0 Å². The molecule has 1 unspecified atom stereocenters. The molecule has 0 aliphatic rings. The molecule has 1 atom stereocenters. The van der Waals surface area contributed by atoms with Crippen LogP contribution in [0.5, 0.6) is 5.75 Å². The van der Waals surface area contributed by atoms with Crippen LogP contribution in [0.25, 0.3) is 0 Å². The highest BCUT2D eigenvalue weighted by atomic mass is 16.5. The first-order chi connectivity index (χ1) is 13.0. The van der Waals surface area contributed by atoms with Gasteiger partial charge in [-0.2, -0.15) is 5.26 Å². The fourth-order valence-electron chi connectivity index (χ4n) is 2.63. The lowest BCUT2D eigenvalue weighted by Gasteiger charge is -2.21. The molecule has 0 aliphatic heterocycles. The average molecular weight is 367 g/mol. The van der Waals surface area contributed by atoms with Gasteiger partial charge in [-0.05, 0) is 62.7 Å². The maximum atomic E-state index is 12.4. The number of nitrogens with zero attached hydrogens (tertiary/aromatic N) is 1. The number of methoxy groups -OCH3 is 1. The summed E-state index contributed by atoms with van der Waals surface area (Å²) in [6, 6.07) is 14.1. The molecule has 0 spiro atoms. The van der Waals surface area contributed by atoms with Crippen molar-refractivity contribution in [3.8, 4) is 11.8 Å². The molecule has 0 saturated carbocycles. The molecule has 0 saturated heterocycles. The van der Waals surface area contributed by atoms with Gasteiger partial charge in [0, 0.05) is 11.7 Å². The summed E-state index contributed by atoms with van der Waals surface area (Å²) in [4.78, 5) is 12.4. The fraction of sp³-hybridized carbons (Fsp3) is 0.333. The Morgan fingerprint density at radius 1 is 1.15 bits per heavy atom. The Labute approximate surface area is 160 Å². The van der Waals surface area contributed by atoms with E-state index in [2.05, 4.69) is 16.7 Å². The number of anilines is 2. The van der Waals surface area contributed by atoms with E-state index in [-0.39, 0.29) is 6.04 Å². The van der Waals surface area contributed by atoms with Crippen molar-refractivity contribution in [3.05, 3.63) is 53.6 Å². The first-order valence-corrected chi connectivity index (χ1v) is 8.86. The molecule has 27 heavy (non-hydrogen) atoms. The lowest BCUT2D eigenvalue weighted by molar-refractivity contribution is -0.141. The normalized spacial score (nSPS) is 11.4. The van der Waals surface area contributed by atoms with Crippen molar-refractivity contribution in [1.29, 1.82) is 5.26 Å². The minimum absolute atomic E-state index is 0.253. The molecule has 142 valence electrons. The van der Waals surface area contributed by atoms with Crippen LogP contribution >= 0.6 is 0 Å². The van der Waals surface area contributed by atoms with Gasteiger partial charge in [0.05, 0.1) is 31.0 Å². The maximum Gasteiger partial charge on any atom is 0.332 e. The number of carbonyl (C=O) groups excluding carboxylic acids is 1. The van der Waals surface area contributed by atoms with Gasteiger partial charge in [-0.15, -0.1) is 0 Å². The average Bonchev–Trinajstić information content (AvgIpc) is 2.67. The number of nitriles is 1. The van der Waals surface area contributed by atoms with Crippen LogP contribution in [0.1, 0.15) is 37.9 Å². The van der Waals surface area contributed by atoms with Gasteiger partial charge in [0.2, 0.25) is 0 Å². The molecule has 0 radical (unpaired) electrons. The third-order valence-electron chi connectivity index (χ3n) is 3.84. The Balaban J connectivity index is 2.35. The van der Waals surface area contributed by atoms with Crippen molar-refractivity contribution >= 4 is 17.3 Å². The Bertz CT molecular complexity index is 810. The summed E-state index contributed by atoms with van der Waals surface area (Å²) in [5, 5.41) is 15.4. The van der Waals surface area contributed by atoms with Crippen LogP contribution in [0.2, 0.25) is 0 Å². The van der Waals surface area contributed by atoms with E-state index in [9.17, 15) is 4.79 Å². The maximum absolute atomic E-state index is 12.4. The van der Waals surface area contributed by atoms with E-state index in [4.69, 9.17) is 14.7 Å². The SMILES string of the molecule is CCOc1cc(C(Nc2ccc(C#N)cc2)C(=O)OC)ccc1NC(C)C. The van der Waals surface area contributed by atoms with Gasteiger partial charge >= 0.3 is 5.97 Å². The van der Waals surface area contributed by atoms with Gasteiger partial charge in [0.15, 0.2) is 6.04 Å². The topological polar surface area (TPSA) is 83.4 Å². The third kappa shape index (κ3) is 5.38. The van der Waals surface area contributed by atoms with Crippen molar-refractivity contribution in [3.63, 3.8) is 0 Å². The van der Waals surface area contributed by atoms with Crippen LogP contribution in [0.4, 0.5) is 11.4 Å². The lowest BCUT2D eigenvalue weighted by Crippen LogP contribution is -2.22.